The third-order valence-electron chi connectivity index (χ3n) is 3.05. The van der Waals surface area contributed by atoms with Crippen molar-refractivity contribution in [3.05, 3.63) is 77.2 Å². The Morgan fingerprint density at radius 1 is 0.909 bits per heavy atom. The van der Waals surface area contributed by atoms with Crippen LogP contribution in [0.15, 0.2) is 60.8 Å². The highest BCUT2D eigenvalue weighted by Gasteiger charge is 2.36. The molecule has 0 aliphatic rings. The molecular formula is C16H10ClF2N3. The first-order chi connectivity index (χ1) is 10.6. The summed E-state index contributed by atoms with van der Waals surface area (Å²) in [4.78, 5) is 12.0. The molecule has 0 atom stereocenters. The fraction of sp³-hybridized carbons (Fsp3) is 0.0625. The predicted molar refractivity (Wildman–Crippen MR) is 79.7 cm³/mol. The van der Waals surface area contributed by atoms with Gasteiger partial charge in [0.2, 0.25) is 0 Å². The number of aromatic nitrogens is 3. The largest absolute Gasteiger partial charge is 0.315 e. The summed E-state index contributed by atoms with van der Waals surface area (Å²) in [5, 5.41) is -0.0544. The zero-order valence-corrected chi connectivity index (χ0v) is 12.0. The minimum absolute atomic E-state index is 0.0544. The fourth-order valence-electron chi connectivity index (χ4n) is 1.98. The molecule has 0 spiro atoms. The van der Waals surface area contributed by atoms with Crippen molar-refractivity contribution in [2.45, 2.75) is 5.92 Å². The highest BCUT2D eigenvalue weighted by molar-refractivity contribution is 6.29. The molecule has 3 aromatic rings. The smallest absolute Gasteiger partial charge is 0.253 e. The average molecular weight is 318 g/mol. The topological polar surface area (TPSA) is 38.7 Å². The maximum atomic E-state index is 14.6. The summed E-state index contributed by atoms with van der Waals surface area (Å²) in [7, 11) is 0. The van der Waals surface area contributed by atoms with Crippen LogP contribution in [0.1, 0.15) is 11.3 Å². The number of hydrogen-bond donors (Lipinski definition) is 0. The van der Waals surface area contributed by atoms with Crippen molar-refractivity contribution in [3.8, 4) is 11.5 Å². The van der Waals surface area contributed by atoms with Crippen LogP contribution in [0.2, 0.25) is 5.15 Å². The maximum absolute atomic E-state index is 14.6. The Bertz CT molecular complexity index is 780. The number of pyridine rings is 1. The van der Waals surface area contributed by atoms with Crippen LogP contribution < -0.4 is 0 Å². The summed E-state index contributed by atoms with van der Waals surface area (Å²) in [6, 6.07) is 13.6. The van der Waals surface area contributed by atoms with E-state index in [9.17, 15) is 8.78 Å². The van der Waals surface area contributed by atoms with E-state index >= 15 is 0 Å². The van der Waals surface area contributed by atoms with E-state index in [2.05, 4.69) is 15.0 Å². The molecule has 22 heavy (non-hydrogen) atoms. The van der Waals surface area contributed by atoms with Crippen molar-refractivity contribution in [2.24, 2.45) is 0 Å². The predicted octanol–water partition coefficient (Wildman–Crippen LogP) is 4.33. The van der Waals surface area contributed by atoms with Crippen LogP contribution in [-0.2, 0) is 5.92 Å². The molecule has 0 fully saturated rings. The van der Waals surface area contributed by atoms with Crippen molar-refractivity contribution in [2.75, 3.05) is 0 Å². The molecule has 0 aliphatic heterocycles. The number of rotatable bonds is 3. The third-order valence-corrected chi connectivity index (χ3v) is 3.24. The molecule has 3 nitrogen and oxygen atoms in total. The summed E-state index contributed by atoms with van der Waals surface area (Å²) >= 11 is 5.88. The van der Waals surface area contributed by atoms with E-state index in [0.717, 1.165) is 6.07 Å². The second-order valence-electron chi connectivity index (χ2n) is 4.55. The van der Waals surface area contributed by atoms with Gasteiger partial charge >= 0.3 is 5.92 Å². The molecule has 2 heterocycles. The van der Waals surface area contributed by atoms with Crippen LogP contribution in [0, 0.1) is 0 Å². The summed E-state index contributed by atoms with van der Waals surface area (Å²) in [6.45, 7) is 0. The molecule has 0 N–H and O–H groups in total. The zero-order valence-electron chi connectivity index (χ0n) is 11.2. The summed E-state index contributed by atoms with van der Waals surface area (Å²) in [5.74, 6) is -3.20. The first-order valence-corrected chi connectivity index (χ1v) is 6.85. The molecule has 0 amide bonds. The standard InChI is InChI=1S/C16H10ClF2N3/c17-14-10-13(16(18,19)11-6-2-1-3-7-11)21-15(22-14)12-8-4-5-9-20-12/h1-10H. The number of benzene rings is 1. The van der Waals surface area contributed by atoms with Crippen LogP contribution in [0.3, 0.4) is 0 Å². The van der Waals surface area contributed by atoms with Crippen LogP contribution in [-0.4, -0.2) is 15.0 Å². The average Bonchev–Trinajstić information content (AvgIpc) is 2.56. The van der Waals surface area contributed by atoms with Gasteiger partial charge in [0, 0.05) is 17.8 Å². The lowest BCUT2D eigenvalue weighted by Crippen LogP contribution is -2.18. The monoisotopic (exact) mass is 317 g/mol. The van der Waals surface area contributed by atoms with Crippen LogP contribution in [0.4, 0.5) is 8.78 Å². The molecule has 0 unspecified atom stereocenters. The van der Waals surface area contributed by atoms with E-state index in [1.54, 1.807) is 36.4 Å². The molecule has 2 aromatic heterocycles. The lowest BCUT2D eigenvalue weighted by atomic mass is 10.1. The quantitative estimate of drug-likeness (QED) is 0.675. The SMILES string of the molecule is FC(F)(c1ccccc1)c1cc(Cl)nc(-c2ccccn2)n1. The van der Waals surface area contributed by atoms with E-state index in [0.29, 0.717) is 5.69 Å². The lowest BCUT2D eigenvalue weighted by molar-refractivity contribution is 0.0380. The first kappa shape index (κ1) is 14.5. The van der Waals surface area contributed by atoms with Crippen LogP contribution in [0.25, 0.3) is 11.5 Å². The molecule has 0 bridgehead atoms. The fourth-order valence-corrected chi connectivity index (χ4v) is 2.17. The number of halogens is 3. The van der Waals surface area contributed by atoms with Gasteiger partial charge in [-0.05, 0) is 12.1 Å². The van der Waals surface area contributed by atoms with Crippen LogP contribution >= 0.6 is 11.6 Å². The van der Waals surface area contributed by atoms with Crippen LogP contribution in [0.5, 0.6) is 0 Å². The van der Waals surface area contributed by atoms with Gasteiger partial charge in [-0.15, -0.1) is 0 Å². The van der Waals surface area contributed by atoms with E-state index in [4.69, 9.17) is 11.6 Å². The molecule has 0 saturated heterocycles. The lowest BCUT2D eigenvalue weighted by Gasteiger charge is -2.16. The maximum Gasteiger partial charge on any atom is 0.315 e. The Labute approximate surface area is 130 Å². The van der Waals surface area contributed by atoms with Gasteiger partial charge in [-0.3, -0.25) is 4.98 Å². The normalized spacial score (nSPS) is 11.4. The van der Waals surface area contributed by atoms with Crippen molar-refractivity contribution >= 4 is 11.6 Å². The van der Waals surface area contributed by atoms with Gasteiger partial charge in [0.05, 0.1) is 0 Å². The van der Waals surface area contributed by atoms with Gasteiger partial charge in [0.25, 0.3) is 0 Å². The Balaban J connectivity index is 2.10. The molecule has 6 heteroatoms. The molecule has 1 aromatic carbocycles. The third kappa shape index (κ3) is 2.80. The molecule has 3 rings (SSSR count). The summed E-state index contributed by atoms with van der Waals surface area (Å²) in [5.41, 5.74) is -0.230. The van der Waals surface area contributed by atoms with Crippen molar-refractivity contribution in [1.82, 2.24) is 15.0 Å². The highest BCUT2D eigenvalue weighted by atomic mass is 35.5. The molecule has 110 valence electrons. The van der Waals surface area contributed by atoms with Gasteiger partial charge in [-0.1, -0.05) is 48.0 Å². The van der Waals surface area contributed by atoms with Gasteiger partial charge in [-0.25, -0.2) is 9.97 Å². The molecule has 0 radical (unpaired) electrons. The van der Waals surface area contributed by atoms with Gasteiger partial charge in [-0.2, -0.15) is 8.78 Å². The summed E-state index contributed by atoms with van der Waals surface area (Å²) < 4.78 is 29.2. The zero-order chi connectivity index (χ0) is 15.6. The Kier molecular flexibility index (Phi) is 3.81. The van der Waals surface area contributed by atoms with Gasteiger partial charge in [0.1, 0.15) is 16.5 Å². The van der Waals surface area contributed by atoms with Crippen molar-refractivity contribution in [3.63, 3.8) is 0 Å². The number of nitrogens with zero attached hydrogens (tertiary/aromatic N) is 3. The Morgan fingerprint density at radius 2 is 1.64 bits per heavy atom. The van der Waals surface area contributed by atoms with E-state index < -0.39 is 11.6 Å². The van der Waals surface area contributed by atoms with E-state index in [1.165, 1.54) is 18.3 Å². The van der Waals surface area contributed by atoms with Gasteiger partial charge in [0.15, 0.2) is 5.82 Å². The second-order valence-corrected chi connectivity index (χ2v) is 4.94. The molecule has 0 aliphatic carbocycles. The van der Waals surface area contributed by atoms with Crippen molar-refractivity contribution < 1.29 is 8.78 Å². The van der Waals surface area contributed by atoms with Crippen molar-refractivity contribution in [1.29, 1.82) is 0 Å². The molecular weight excluding hydrogens is 308 g/mol. The number of hydrogen-bond acceptors (Lipinski definition) is 3. The number of alkyl halides is 2. The first-order valence-electron chi connectivity index (χ1n) is 6.47. The Morgan fingerprint density at radius 3 is 2.32 bits per heavy atom. The minimum Gasteiger partial charge on any atom is -0.253 e. The Hall–Kier alpha value is -2.40. The summed E-state index contributed by atoms with van der Waals surface area (Å²) in [6.07, 6.45) is 1.54. The molecule has 0 saturated carbocycles. The van der Waals surface area contributed by atoms with Gasteiger partial charge < -0.3 is 0 Å². The second kappa shape index (κ2) is 5.77. The highest BCUT2D eigenvalue weighted by Crippen LogP contribution is 2.35. The van der Waals surface area contributed by atoms with E-state index in [1.807, 2.05) is 0 Å². The minimum atomic E-state index is -3.27. The van der Waals surface area contributed by atoms with E-state index in [-0.39, 0.29) is 16.5 Å².